The Balaban J connectivity index is 1.98. The van der Waals surface area contributed by atoms with Crippen molar-refractivity contribution in [1.82, 2.24) is 9.97 Å². The number of rotatable bonds is 4. The quantitative estimate of drug-likeness (QED) is 0.819. The highest BCUT2D eigenvalue weighted by atomic mass is 32.1. The van der Waals surface area contributed by atoms with E-state index in [0.717, 1.165) is 0 Å². The Bertz CT molecular complexity index is 548. The van der Waals surface area contributed by atoms with Crippen LogP contribution in [0, 0.1) is 0 Å². The second-order valence-electron chi connectivity index (χ2n) is 3.43. The number of aromatic nitrogens is 2. The van der Waals surface area contributed by atoms with Crippen LogP contribution in [0.25, 0.3) is 0 Å². The molecule has 2 aromatic heterocycles. The average molecular weight is 265 g/mol. The van der Waals surface area contributed by atoms with Crippen LogP contribution in [-0.2, 0) is 16.0 Å². The van der Waals surface area contributed by atoms with Crippen LogP contribution < -0.4 is 5.32 Å². The zero-order chi connectivity index (χ0) is 13.0. The third-order valence-corrected chi connectivity index (χ3v) is 2.97. The summed E-state index contributed by atoms with van der Waals surface area (Å²) in [6.45, 7) is 0. The summed E-state index contributed by atoms with van der Waals surface area (Å²) in [5.41, 5.74) is 1.04. The van der Waals surface area contributed by atoms with Gasteiger partial charge >= 0.3 is 5.97 Å². The first-order valence-corrected chi connectivity index (χ1v) is 6.03. The van der Waals surface area contributed by atoms with Gasteiger partial charge in [-0.15, -0.1) is 11.3 Å². The minimum absolute atomic E-state index is 0.103. The van der Waals surface area contributed by atoms with Crippen molar-refractivity contribution in [3.63, 3.8) is 0 Å². The maximum atomic E-state index is 11.7. The van der Waals surface area contributed by atoms with E-state index in [1.165, 1.54) is 18.4 Å². The average Bonchev–Trinajstić information content (AvgIpc) is 3.00. The van der Waals surface area contributed by atoms with E-state index in [1.807, 2.05) is 0 Å². The molecule has 94 valence electrons. The van der Waals surface area contributed by atoms with Crippen molar-refractivity contribution in [1.29, 1.82) is 0 Å². The van der Waals surface area contributed by atoms with Crippen molar-refractivity contribution in [3.8, 4) is 0 Å². The fraction of sp³-hybridized carbons (Fsp3) is 0.182. The number of aromatic amines is 1. The maximum absolute atomic E-state index is 11.7. The highest BCUT2D eigenvalue weighted by Crippen LogP contribution is 2.16. The smallest absolute Gasteiger partial charge is 0.311 e. The molecule has 2 rings (SSSR count). The van der Waals surface area contributed by atoms with Gasteiger partial charge < -0.3 is 9.72 Å². The monoisotopic (exact) mass is 265 g/mol. The highest BCUT2D eigenvalue weighted by molar-refractivity contribution is 7.14. The summed E-state index contributed by atoms with van der Waals surface area (Å²) in [7, 11) is 1.32. The van der Waals surface area contributed by atoms with Gasteiger partial charge in [0.2, 0.25) is 0 Å². The van der Waals surface area contributed by atoms with Crippen LogP contribution in [0.15, 0.2) is 23.7 Å². The van der Waals surface area contributed by atoms with Crippen molar-refractivity contribution in [2.24, 2.45) is 0 Å². The molecule has 0 aromatic carbocycles. The van der Waals surface area contributed by atoms with E-state index in [2.05, 4.69) is 20.0 Å². The second-order valence-corrected chi connectivity index (χ2v) is 4.29. The number of thiazole rings is 1. The molecule has 0 aliphatic carbocycles. The molecule has 0 bridgehead atoms. The van der Waals surface area contributed by atoms with Gasteiger partial charge in [-0.3, -0.25) is 14.9 Å². The summed E-state index contributed by atoms with van der Waals surface area (Å²) in [6.07, 6.45) is 1.77. The summed E-state index contributed by atoms with van der Waals surface area (Å²) in [5, 5.41) is 4.80. The fourth-order valence-electron chi connectivity index (χ4n) is 1.30. The lowest BCUT2D eigenvalue weighted by Gasteiger charge is -1.98. The molecular formula is C11H11N3O3S. The summed E-state index contributed by atoms with van der Waals surface area (Å²) in [6, 6.07) is 3.40. The van der Waals surface area contributed by atoms with Gasteiger partial charge in [-0.2, -0.15) is 0 Å². The van der Waals surface area contributed by atoms with Crippen LogP contribution >= 0.6 is 11.3 Å². The number of amides is 1. The number of H-pyrrole nitrogens is 1. The number of anilines is 1. The first kappa shape index (κ1) is 12.3. The summed E-state index contributed by atoms with van der Waals surface area (Å²) >= 11 is 1.26. The Morgan fingerprint density at radius 3 is 3.06 bits per heavy atom. The van der Waals surface area contributed by atoms with E-state index in [1.54, 1.807) is 23.7 Å². The maximum Gasteiger partial charge on any atom is 0.311 e. The van der Waals surface area contributed by atoms with E-state index >= 15 is 0 Å². The number of carbonyl (C=O) groups is 2. The third-order valence-electron chi connectivity index (χ3n) is 2.17. The van der Waals surface area contributed by atoms with Gasteiger partial charge in [0.05, 0.1) is 19.2 Å². The van der Waals surface area contributed by atoms with Crippen LogP contribution in [0.3, 0.4) is 0 Å². The molecule has 0 aliphatic heterocycles. The van der Waals surface area contributed by atoms with Gasteiger partial charge in [0, 0.05) is 11.6 Å². The molecule has 0 radical (unpaired) electrons. The van der Waals surface area contributed by atoms with E-state index in [-0.39, 0.29) is 18.3 Å². The zero-order valence-electron chi connectivity index (χ0n) is 9.60. The number of ether oxygens (including phenoxy) is 1. The Kier molecular flexibility index (Phi) is 3.73. The van der Waals surface area contributed by atoms with Crippen molar-refractivity contribution in [2.45, 2.75) is 6.42 Å². The topological polar surface area (TPSA) is 84.1 Å². The highest BCUT2D eigenvalue weighted by Gasteiger charge is 2.11. The number of carbonyl (C=O) groups excluding carboxylic acids is 2. The van der Waals surface area contributed by atoms with Crippen LogP contribution in [0.5, 0.6) is 0 Å². The van der Waals surface area contributed by atoms with Crippen LogP contribution in [0.4, 0.5) is 5.13 Å². The van der Waals surface area contributed by atoms with Gasteiger partial charge in [0.1, 0.15) is 5.69 Å². The van der Waals surface area contributed by atoms with Crippen molar-refractivity contribution in [2.75, 3.05) is 12.4 Å². The SMILES string of the molecule is COC(=O)Cc1csc(NC(=O)c2ccc[nH]2)n1. The van der Waals surface area contributed by atoms with E-state index < -0.39 is 0 Å². The molecule has 0 saturated heterocycles. The molecule has 2 aromatic rings. The van der Waals surface area contributed by atoms with E-state index in [4.69, 9.17) is 0 Å². The third kappa shape index (κ3) is 2.95. The number of esters is 1. The summed E-state index contributed by atoms with van der Waals surface area (Å²) in [5.74, 6) is -0.624. The lowest BCUT2D eigenvalue weighted by molar-refractivity contribution is -0.139. The lowest BCUT2D eigenvalue weighted by atomic mass is 10.3. The Morgan fingerprint density at radius 1 is 1.56 bits per heavy atom. The molecule has 18 heavy (non-hydrogen) atoms. The molecule has 0 aliphatic rings. The van der Waals surface area contributed by atoms with Gasteiger partial charge in [-0.1, -0.05) is 0 Å². The fourth-order valence-corrected chi connectivity index (χ4v) is 2.01. The molecule has 2 N–H and O–H groups in total. The minimum atomic E-state index is -0.359. The molecule has 0 atom stereocenters. The molecule has 7 heteroatoms. The number of methoxy groups -OCH3 is 1. The second kappa shape index (κ2) is 5.46. The van der Waals surface area contributed by atoms with E-state index in [9.17, 15) is 9.59 Å². The minimum Gasteiger partial charge on any atom is -0.469 e. The molecule has 6 nitrogen and oxygen atoms in total. The number of nitrogens with one attached hydrogen (secondary N) is 2. The molecule has 0 fully saturated rings. The molecule has 1 amide bonds. The van der Waals surface area contributed by atoms with Crippen LogP contribution in [0.2, 0.25) is 0 Å². The molecular weight excluding hydrogens is 254 g/mol. The first-order chi connectivity index (χ1) is 8.69. The van der Waals surface area contributed by atoms with E-state index in [0.29, 0.717) is 16.5 Å². The van der Waals surface area contributed by atoms with Crippen molar-refractivity contribution < 1.29 is 14.3 Å². The normalized spacial score (nSPS) is 10.1. The standard InChI is InChI=1S/C11H11N3O3S/c1-17-9(15)5-7-6-18-11(13-7)14-10(16)8-3-2-4-12-8/h2-4,6,12H,5H2,1H3,(H,13,14,16). The largest absolute Gasteiger partial charge is 0.469 e. The molecule has 0 unspecified atom stereocenters. The van der Waals surface area contributed by atoms with Gasteiger partial charge in [-0.25, -0.2) is 4.98 Å². The van der Waals surface area contributed by atoms with Crippen molar-refractivity contribution in [3.05, 3.63) is 35.1 Å². The number of nitrogens with zero attached hydrogens (tertiary/aromatic N) is 1. The van der Waals surface area contributed by atoms with Crippen molar-refractivity contribution >= 4 is 28.3 Å². The van der Waals surface area contributed by atoms with Crippen LogP contribution in [0.1, 0.15) is 16.2 Å². The molecule has 0 spiro atoms. The summed E-state index contributed by atoms with van der Waals surface area (Å²) in [4.78, 5) is 29.7. The number of hydrogen-bond acceptors (Lipinski definition) is 5. The first-order valence-electron chi connectivity index (χ1n) is 5.15. The Hall–Kier alpha value is -2.15. The van der Waals surface area contributed by atoms with Crippen LogP contribution in [-0.4, -0.2) is 29.0 Å². The predicted molar refractivity (Wildman–Crippen MR) is 66.6 cm³/mol. The lowest BCUT2D eigenvalue weighted by Crippen LogP contribution is -2.12. The number of hydrogen-bond donors (Lipinski definition) is 2. The zero-order valence-corrected chi connectivity index (χ0v) is 10.4. The van der Waals surface area contributed by atoms with Gasteiger partial charge in [0.15, 0.2) is 5.13 Å². The predicted octanol–water partition coefficient (Wildman–Crippen LogP) is 1.44. The Labute approximate surface area is 107 Å². The molecule has 0 saturated carbocycles. The Morgan fingerprint density at radius 2 is 2.39 bits per heavy atom. The van der Waals surface area contributed by atoms with Gasteiger partial charge in [-0.05, 0) is 12.1 Å². The van der Waals surface area contributed by atoms with Gasteiger partial charge in [0.25, 0.3) is 5.91 Å². The molecule has 2 heterocycles. The summed E-state index contributed by atoms with van der Waals surface area (Å²) < 4.78 is 4.54.